The van der Waals surface area contributed by atoms with Crippen LogP contribution in [0.4, 0.5) is 5.69 Å². The molecule has 1 saturated heterocycles. The lowest BCUT2D eigenvalue weighted by Crippen LogP contribution is -2.50. The topological polar surface area (TPSA) is 88.3 Å². The molecule has 0 bridgehead atoms. The van der Waals surface area contributed by atoms with Gasteiger partial charge in [0, 0.05) is 30.0 Å². The summed E-state index contributed by atoms with van der Waals surface area (Å²) in [5, 5.41) is 11.8. The number of hydrogen-bond donors (Lipinski definition) is 1. The largest absolute Gasteiger partial charge is 0.421 e. The van der Waals surface area contributed by atoms with Crippen LogP contribution in [0.3, 0.4) is 0 Å². The first-order chi connectivity index (χ1) is 15.5. The Labute approximate surface area is 195 Å². The molecular weight excluding hydrogens is 451 g/mol. The van der Waals surface area contributed by atoms with Gasteiger partial charge < -0.3 is 14.6 Å². The molecule has 166 valence electrons. The molecule has 1 aliphatic heterocycles. The van der Waals surface area contributed by atoms with Crippen molar-refractivity contribution < 1.29 is 14.0 Å². The number of benzene rings is 2. The predicted molar refractivity (Wildman–Crippen MR) is 122 cm³/mol. The SMILES string of the molecule is O=C(Nc1ccc(Cl)cc1Cl)C1CCCCN1C(=O)CCc1nnc(-c2ccccc2)o1. The number of rotatable bonds is 6. The number of aromatic nitrogens is 2. The van der Waals surface area contributed by atoms with Crippen molar-refractivity contribution >= 4 is 40.7 Å². The van der Waals surface area contributed by atoms with Crippen LogP contribution in [-0.4, -0.2) is 39.5 Å². The van der Waals surface area contributed by atoms with E-state index in [1.54, 1.807) is 23.1 Å². The quantitative estimate of drug-likeness (QED) is 0.545. The predicted octanol–water partition coefficient (Wildman–Crippen LogP) is 5.00. The summed E-state index contributed by atoms with van der Waals surface area (Å²) in [6, 6.07) is 13.8. The summed E-state index contributed by atoms with van der Waals surface area (Å²) in [5.74, 6) is 0.434. The van der Waals surface area contributed by atoms with Gasteiger partial charge in [0.05, 0.1) is 10.7 Å². The molecule has 32 heavy (non-hydrogen) atoms. The zero-order valence-electron chi connectivity index (χ0n) is 17.3. The molecule has 1 atom stereocenters. The summed E-state index contributed by atoms with van der Waals surface area (Å²) >= 11 is 12.1. The number of nitrogens with one attached hydrogen (secondary N) is 1. The minimum Gasteiger partial charge on any atom is -0.421 e. The van der Waals surface area contributed by atoms with Crippen LogP contribution in [0.2, 0.25) is 10.0 Å². The molecule has 9 heteroatoms. The number of likely N-dealkylation sites (tertiary alicyclic amines) is 1. The molecule has 1 unspecified atom stereocenters. The maximum absolute atomic E-state index is 12.9. The third-order valence-electron chi connectivity index (χ3n) is 5.36. The third-order valence-corrected chi connectivity index (χ3v) is 5.90. The highest BCUT2D eigenvalue weighted by atomic mass is 35.5. The van der Waals surface area contributed by atoms with Crippen LogP contribution in [0.15, 0.2) is 52.9 Å². The maximum Gasteiger partial charge on any atom is 0.247 e. The van der Waals surface area contributed by atoms with Crippen LogP contribution in [0.5, 0.6) is 0 Å². The molecule has 0 aliphatic carbocycles. The number of carbonyl (C=O) groups is 2. The fourth-order valence-electron chi connectivity index (χ4n) is 3.72. The first-order valence-electron chi connectivity index (χ1n) is 10.4. The van der Waals surface area contributed by atoms with Gasteiger partial charge in [-0.25, -0.2) is 0 Å². The van der Waals surface area contributed by atoms with Crippen LogP contribution in [0.25, 0.3) is 11.5 Å². The van der Waals surface area contributed by atoms with E-state index in [0.29, 0.717) is 46.9 Å². The average molecular weight is 473 g/mol. The van der Waals surface area contributed by atoms with Gasteiger partial charge in [-0.1, -0.05) is 41.4 Å². The standard InChI is InChI=1S/C23H22Cl2N4O3/c24-16-9-10-18(17(25)14-16)26-22(31)19-8-4-5-13-29(19)21(30)12-11-20-27-28-23(32-20)15-6-2-1-3-7-15/h1-3,6-7,9-10,14,19H,4-5,8,11-13H2,(H,26,31). The van der Waals surface area contributed by atoms with Crippen LogP contribution in [-0.2, 0) is 16.0 Å². The van der Waals surface area contributed by atoms with Crippen LogP contribution in [0.1, 0.15) is 31.6 Å². The Morgan fingerprint density at radius 2 is 1.91 bits per heavy atom. The Bertz CT molecular complexity index is 1100. The Hall–Kier alpha value is -2.90. The molecule has 1 aromatic heterocycles. The first-order valence-corrected chi connectivity index (χ1v) is 11.2. The Kier molecular flexibility index (Phi) is 7.07. The minimum atomic E-state index is -0.550. The number of amides is 2. The number of hydrogen-bond acceptors (Lipinski definition) is 5. The van der Waals surface area contributed by atoms with Gasteiger partial charge in [0.2, 0.25) is 23.6 Å². The van der Waals surface area contributed by atoms with Crippen molar-refractivity contribution in [2.45, 2.75) is 38.1 Å². The first kappa shape index (κ1) is 22.3. The van der Waals surface area contributed by atoms with Gasteiger partial charge in [0.1, 0.15) is 6.04 Å². The van der Waals surface area contributed by atoms with Crippen LogP contribution < -0.4 is 5.32 Å². The number of nitrogens with zero attached hydrogens (tertiary/aromatic N) is 3. The smallest absolute Gasteiger partial charge is 0.247 e. The monoisotopic (exact) mass is 472 g/mol. The average Bonchev–Trinajstić information content (AvgIpc) is 3.29. The normalized spacial score (nSPS) is 16.1. The summed E-state index contributed by atoms with van der Waals surface area (Å²) in [6.07, 6.45) is 2.83. The number of carbonyl (C=O) groups excluding carboxylic acids is 2. The molecule has 3 aromatic rings. The van der Waals surface area contributed by atoms with Crippen molar-refractivity contribution in [2.24, 2.45) is 0 Å². The van der Waals surface area contributed by atoms with E-state index in [1.807, 2.05) is 30.3 Å². The van der Waals surface area contributed by atoms with Gasteiger partial charge in [-0.3, -0.25) is 9.59 Å². The summed E-state index contributed by atoms with van der Waals surface area (Å²) in [5.41, 5.74) is 1.30. The lowest BCUT2D eigenvalue weighted by molar-refractivity contribution is -0.140. The van der Waals surface area contributed by atoms with Crippen LogP contribution >= 0.6 is 23.2 Å². The third kappa shape index (κ3) is 5.29. The van der Waals surface area contributed by atoms with E-state index in [2.05, 4.69) is 15.5 Å². The maximum atomic E-state index is 12.9. The Morgan fingerprint density at radius 3 is 2.69 bits per heavy atom. The summed E-state index contributed by atoms with van der Waals surface area (Å²) in [7, 11) is 0. The van der Waals surface area contributed by atoms with E-state index < -0.39 is 6.04 Å². The molecule has 2 amide bonds. The molecule has 1 fully saturated rings. The van der Waals surface area contributed by atoms with Gasteiger partial charge in [0.25, 0.3) is 0 Å². The van der Waals surface area contributed by atoms with Crippen molar-refractivity contribution in [3.05, 3.63) is 64.5 Å². The number of halogens is 2. The van der Waals surface area contributed by atoms with Crippen LogP contribution in [0, 0.1) is 0 Å². The van der Waals surface area contributed by atoms with Crippen molar-refractivity contribution in [1.29, 1.82) is 0 Å². The molecule has 1 aliphatic rings. The van der Waals surface area contributed by atoms with E-state index in [0.717, 1.165) is 18.4 Å². The number of aryl methyl sites for hydroxylation is 1. The van der Waals surface area contributed by atoms with Crippen molar-refractivity contribution in [2.75, 3.05) is 11.9 Å². The molecule has 4 rings (SSSR count). The second kappa shape index (κ2) is 10.1. The summed E-state index contributed by atoms with van der Waals surface area (Å²) in [4.78, 5) is 27.5. The lowest BCUT2D eigenvalue weighted by atomic mass is 10.0. The number of piperidine rings is 1. The molecule has 0 spiro atoms. The van der Waals surface area contributed by atoms with Gasteiger partial charge in [-0.2, -0.15) is 0 Å². The Morgan fingerprint density at radius 1 is 1.09 bits per heavy atom. The molecule has 1 N–H and O–H groups in total. The van der Waals surface area contributed by atoms with Gasteiger partial charge in [-0.05, 0) is 49.6 Å². The molecular formula is C23H22Cl2N4O3. The molecule has 0 saturated carbocycles. The zero-order chi connectivity index (χ0) is 22.5. The molecule has 0 radical (unpaired) electrons. The van der Waals surface area contributed by atoms with Gasteiger partial charge >= 0.3 is 0 Å². The van der Waals surface area contributed by atoms with Crippen molar-refractivity contribution in [1.82, 2.24) is 15.1 Å². The zero-order valence-corrected chi connectivity index (χ0v) is 18.8. The highest BCUT2D eigenvalue weighted by molar-refractivity contribution is 6.36. The summed E-state index contributed by atoms with van der Waals surface area (Å²) < 4.78 is 5.69. The molecule has 2 heterocycles. The summed E-state index contributed by atoms with van der Waals surface area (Å²) in [6.45, 7) is 0.532. The van der Waals surface area contributed by atoms with E-state index in [1.165, 1.54) is 0 Å². The number of anilines is 1. The highest BCUT2D eigenvalue weighted by Gasteiger charge is 2.32. The van der Waals surface area contributed by atoms with E-state index in [9.17, 15) is 9.59 Å². The van der Waals surface area contributed by atoms with Gasteiger partial charge in [-0.15, -0.1) is 10.2 Å². The lowest BCUT2D eigenvalue weighted by Gasteiger charge is -2.34. The van der Waals surface area contributed by atoms with E-state index in [-0.39, 0.29) is 18.2 Å². The minimum absolute atomic E-state index is 0.119. The van der Waals surface area contributed by atoms with Gasteiger partial charge in [0.15, 0.2) is 0 Å². The second-order valence-corrected chi connectivity index (χ2v) is 8.42. The fourth-order valence-corrected chi connectivity index (χ4v) is 4.17. The molecule has 7 nitrogen and oxygen atoms in total. The van der Waals surface area contributed by atoms with E-state index >= 15 is 0 Å². The highest BCUT2D eigenvalue weighted by Crippen LogP contribution is 2.27. The second-order valence-electron chi connectivity index (χ2n) is 7.58. The molecule has 2 aromatic carbocycles. The van der Waals surface area contributed by atoms with Crippen molar-refractivity contribution in [3.63, 3.8) is 0 Å². The fraction of sp³-hybridized carbons (Fsp3) is 0.304. The van der Waals surface area contributed by atoms with E-state index in [4.69, 9.17) is 27.6 Å². The Balaban J connectivity index is 1.38. The van der Waals surface area contributed by atoms with Crippen molar-refractivity contribution in [3.8, 4) is 11.5 Å².